The van der Waals surface area contributed by atoms with Crippen molar-refractivity contribution in [2.45, 2.75) is 39.0 Å². The second-order valence-electron chi connectivity index (χ2n) is 7.52. The van der Waals surface area contributed by atoms with Crippen molar-refractivity contribution in [2.75, 3.05) is 32.8 Å². The molecule has 0 saturated carbocycles. The minimum absolute atomic E-state index is 0.126. The number of halogens is 1. The number of para-hydroxylation sites is 1. The van der Waals surface area contributed by atoms with E-state index in [1.54, 1.807) is 0 Å². The molecule has 0 bridgehead atoms. The van der Waals surface area contributed by atoms with E-state index in [4.69, 9.17) is 9.84 Å². The highest BCUT2D eigenvalue weighted by Gasteiger charge is 2.42. The predicted molar refractivity (Wildman–Crippen MR) is 106 cm³/mol. The predicted octanol–water partition coefficient (Wildman–Crippen LogP) is 3.33. The van der Waals surface area contributed by atoms with Crippen LogP contribution in [0.3, 0.4) is 0 Å². The number of carbonyl (C=O) groups is 1. The van der Waals surface area contributed by atoms with Crippen molar-refractivity contribution in [1.29, 1.82) is 0 Å². The number of carbonyl (C=O) groups excluding carboxylic acids is 1. The topological polar surface area (TPSA) is 62.7 Å². The second kappa shape index (κ2) is 9.43. The SMILES string of the molecule is CCOC(=O)C1(CCCc2c(F)cnc3ccccc23)CCN(CCO)CC1. The third-order valence-corrected chi connectivity index (χ3v) is 5.85. The number of aryl methyl sites for hydroxylation is 1. The maximum absolute atomic E-state index is 14.4. The highest BCUT2D eigenvalue weighted by molar-refractivity contribution is 5.82. The Morgan fingerprint density at radius 1 is 1.32 bits per heavy atom. The van der Waals surface area contributed by atoms with E-state index in [9.17, 15) is 9.18 Å². The highest BCUT2D eigenvalue weighted by atomic mass is 19.1. The highest BCUT2D eigenvalue weighted by Crippen LogP contribution is 2.38. The van der Waals surface area contributed by atoms with Crippen LogP contribution in [0.4, 0.5) is 4.39 Å². The minimum atomic E-state index is -0.513. The van der Waals surface area contributed by atoms with Crippen LogP contribution in [0.5, 0.6) is 0 Å². The standard InChI is InChI=1S/C22H29FN2O3/c1-2-28-21(27)22(10-12-25(13-11-22)14-15-26)9-5-7-17-18-6-3-4-8-20(18)24-16-19(17)23/h3-4,6,8,16,26H,2,5,7,9-15H2,1H3. The quantitative estimate of drug-likeness (QED) is 0.703. The van der Waals surface area contributed by atoms with Crippen molar-refractivity contribution in [3.63, 3.8) is 0 Å². The molecule has 0 atom stereocenters. The molecule has 3 rings (SSSR count). The van der Waals surface area contributed by atoms with Gasteiger partial charge in [-0.25, -0.2) is 4.39 Å². The molecule has 0 unspecified atom stereocenters. The van der Waals surface area contributed by atoms with Crippen LogP contribution in [0.15, 0.2) is 30.5 Å². The number of esters is 1. The number of fused-ring (bicyclic) bond motifs is 1. The van der Waals surface area contributed by atoms with Crippen LogP contribution >= 0.6 is 0 Å². The lowest BCUT2D eigenvalue weighted by molar-refractivity contribution is -0.159. The van der Waals surface area contributed by atoms with Crippen LogP contribution in [-0.2, 0) is 16.0 Å². The number of likely N-dealkylation sites (tertiary alicyclic amines) is 1. The molecule has 0 radical (unpaired) electrons. The Labute approximate surface area is 165 Å². The van der Waals surface area contributed by atoms with Gasteiger partial charge in [0.1, 0.15) is 5.82 Å². The first kappa shape index (κ1) is 20.7. The van der Waals surface area contributed by atoms with Gasteiger partial charge in [-0.2, -0.15) is 0 Å². The number of pyridine rings is 1. The van der Waals surface area contributed by atoms with Crippen LogP contribution in [0.2, 0.25) is 0 Å². The lowest BCUT2D eigenvalue weighted by Gasteiger charge is -2.40. The molecule has 0 aliphatic carbocycles. The van der Waals surface area contributed by atoms with Crippen LogP contribution in [0, 0.1) is 11.2 Å². The lowest BCUT2D eigenvalue weighted by Crippen LogP contribution is -2.46. The van der Waals surface area contributed by atoms with Gasteiger partial charge < -0.3 is 14.7 Å². The molecule has 1 aliphatic heterocycles. The van der Waals surface area contributed by atoms with Gasteiger partial charge in [-0.3, -0.25) is 9.78 Å². The molecule has 152 valence electrons. The van der Waals surface area contributed by atoms with Gasteiger partial charge in [0, 0.05) is 11.9 Å². The number of rotatable bonds is 8. The molecule has 28 heavy (non-hydrogen) atoms. The first-order valence-corrected chi connectivity index (χ1v) is 10.1. The summed E-state index contributed by atoms with van der Waals surface area (Å²) >= 11 is 0. The molecule has 1 aliphatic rings. The number of hydrogen-bond donors (Lipinski definition) is 1. The third-order valence-electron chi connectivity index (χ3n) is 5.85. The Balaban J connectivity index is 1.71. The van der Waals surface area contributed by atoms with Crippen LogP contribution in [0.1, 0.15) is 38.2 Å². The van der Waals surface area contributed by atoms with Crippen molar-refractivity contribution < 1.29 is 19.0 Å². The summed E-state index contributed by atoms with van der Waals surface area (Å²) in [6, 6.07) is 7.57. The van der Waals surface area contributed by atoms with Crippen molar-refractivity contribution in [1.82, 2.24) is 9.88 Å². The molecule has 6 heteroatoms. The van der Waals surface area contributed by atoms with Crippen molar-refractivity contribution in [3.8, 4) is 0 Å². The maximum atomic E-state index is 14.4. The molecule has 1 fully saturated rings. The zero-order chi connectivity index (χ0) is 20.0. The fourth-order valence-corrected chi connectivity index (χ4v) is 4.22. The summed E-state index contributed by atoms with van der Waals surface area (Å²) in [5, 5.41) is 9.99. The molecule has 1 aromatic heterocycles. The largest absolute Gasteiger partial charge is 0.466 e. The first-order chi connectivity index (χ1) is 13.6. The van der Waals surface area contributed by atoms with Crippen LogP contribution in [0.25, 0.3) is 10.9 Å². The zero-order valence-corrected chi connectivity index (χ0v) is 16.5. The molecule has 1 N–H and O–H groups in total. The molecular formula is C22H29FN2O3. The van der Waals surface area contributed by atoms with Gasteiger partial charge >= 0.3 is 5.97 Å². The van der Waals surface area contributed by atoms with Crippen LogP contribution in [-0.4, -0.2) is 53.8 Å². The molecule has 0 amide bonds. The molecular weight excluding hydrogens is 359 g/mol. The number of piperidine rings is 1. The normalized spacial score (nSPS) is 17.0. The Kier molecular flexibility index (Phi) is 6.97. The Bertz CT molecular complexity index is 803. The molecule has 2 heterocycles. The van der Waals surface area contributed by atoms with E-state index in [1.165, 1.54) is 6.20 Å². The number of nitrogens with zero attached hydrogens (tertiary/aromatic N) is 2. The monoisotopic (exact) mass is 388 g/mol. The van der Waals surface area contributed by atoms with E-state index in [0.29, 0.717) is 50.8 Å². The van der Waals surface area contributed by atoms with Gasteiger partial charge in [-0.15, -0.1) is 0 Å². The fraction of sp³-hybridized carbons (Fsp3) is 0.545. The van der Waals surface area contributed by atoms with E-state index in [1.807, 2.05) is 31.2 Å². The molecule has 0 spiro atoms. The van der Waals surface area contributed by atoms with Gasteiger partial charge in [0.25, 0.3) is 0 Å². The molecule has 2 aromatic rings. The summed E-state index contributed by atoms with van der Waals surface area (Å²) in [5.74, 6) is -0.430. The Morgan fingerprint density at radius 2 is 2.07 bits per heavy atom. The number of aliphatic hydroxyl groups is 1. The number of β-amino-alcohol motifs (C(OH)–C–C–N with tert-alkyl or cyclic N) is 1. The van der Waals surface area contributed by atoms with E-state index in [-0.39, 0.29) is 18.4 Å². The van der Waals surface area contributed by atoms with Crippen molar-refractivity contribution in [2.24, 2.45) is 5.41 Å². The van der Waals surface area contributed by atoms with Gasteiger partial charge in [0.05, 0.1) is 30.3 Å². The minimum Gasteiger partial charge on any atom is -0.466 e. The molecule has 1 saturated heterocycles. The number of benzene rings is 1. The van der Waals surface area contributed by atoms with Crippen molar-refractivity contribution >= 4 is 16.9 Å². The summed E-state index contributed by atoms with van der Waals surface area (Å²) in [5.41, 5.74) is 0.944. The van der Waals surface area contributed by atoms with E-state index in [2.05, 4.69) is 9.88 Å². The zero-order valence-electron chi connectivity index (χ0n) is 16.5. The third kappa shape index (κ3) is 4.50. The maximum Gasteiger partial charge on any atom is 0.312 e. The summed E-state index contributed by atoms with van der Waals surface area (Å²) < 4.78 is 19.8. The van der Waals surface area contributed by atoms with E-state index >= 15 is 0 Å². The smallest absolute Gasteiger partial charge is 0.312 e. The lowest BCUT2D eigenvalue weighted by atomic mass is 9.74. The number of ether oxygens (including phenoxy) is 1. The first-order valence-electron chi connectivity index (χ1n) is 10.1. The number of hydrogen-bond acceptors (Lipinski definition) is 5. The average Bonchev–Trinajstić information content (AvgIpc) is 2.71. The van der Waals surface area contributed by atoms with Gasteiger partial charge in [0.15, 0.2) is 0 Å². The molecule has 5 nitrogen and oxygen atoms in total. The van der Waals surface area contributed by atoms with Crippen LogP contribution < -0.4 is 0 Å². The number of aliphatic hydroxyl groups excluding tert-OH is 1. The van der Waals surface area contributed by atoms with Gasteiger partial charge in [0.2, 0.25) is 0 Å². The number of aromatic nitrogens is 1. The second-order valence-corrected chi connectivity index (χ2v) is 7.52. The Morgan fingerprint density at radius 3 is 2.79 bits per heavy atom. The van der Waals surface area contributed by atoms with Gasteiger partial charge in [-0.1, -0.05) is 18.2 Å². The molecule has 1 aromatic carbocycles. The van der Waals surface area contributed by atoms with E-state index in [0.717, 1.165) is 24.0 Å². The summed E-state index contributed by atoms with van der Waals surface area (Å²) in [7, 11) is 0. The Hall–Kier alpha value is -2.05. The van der Waals surface area contributed by atoms with Gasteiger partial charge in [-0.05, 0) is 63.7 Å². The van der Waals surface area contributed by atoms with E-state index < -0.39 is 5.41 Å². The average molecular weight is 388 g/mol. The van der Waals surface area contributed by atoms with Crippen molar-refractivity contribution in [3.05, 3.63) is 41.8 Å². The summed E-state index contributed by atoms with van der Waals surface area (Å²) in [4.78, 5) is 19.1. The summed E-state index contributed by atoms with van der Waals surface area (Å²) in [6.07, 6.45) is 4.66. The summed E-state index contributed by atoms with van der Waals surface area (Å²) in [6.45, 7) is 4.49. The fourth-order valence-electron chi connectivity index (χ4n) is 4.22.